The molecule has 0 bridgehead atoms. The quantitative estimate of drug-likeness (QED) is 0.638. The van der Waals surface area contributed by atoms with E-state index in [4.69, 9.17) is 0 Å². The maximum absolute atomic E-state index is 11.3. The van der Waals surface area contributed by atoms with Crippen molar-refractivity contribution in [3.63, 3.8) is 0 Å². The van der Waals surface area contributed by atoms with E-state index >= 15 is 0 Å². The number of aliphatic hydroxyl groups is 4. The number of hydrogen-bond donors (Lipinski definition) is 4. The van der Waals surface area contributed by atoms with Crippen LogP contribution >= 0.6 is 0 Å². The van der Waals surface area contributed by atoms with Gasteiger partial charge in [0.25, 0.3) is 0 Å². The number of rotatable bonds is 6. The fourth-order valence-corrected chi connectivity index (χ4v) is 4.64. The average molecular weight is 356 g/mol. The van der Waals surface area contributed by atoms with Gasteiger partial charge in [0, 0.05) is 10.8 Å². The normalized spacial score (nSPS) is 31.7. The van der Waals surface area contributed by atoms with Crippen molar-refractivity contribution in [3.8, 4) is 0 Å². The Labute approximate surface area is 154 Å². The molecule has 0 aromatic heterocycles. The van der Waals surface area contributed by atoms with E-state index in [1.807, 2.05) is 60.7 Å². The Bertz CT molecular complexity index is 630. The second-order valence-corrected chi connectivity index (χ2v) is 7.83. The number of benzene rings is 2. The Hall–Kier alpha value is -1.72. The summed E-state index contributed by atoms with van der Waals surface area (Å²) in [6.45, 7) is -0.479. The van der Waals surface area contributed by atoms with E-state index < -0.39 is 23.0 Å². The molecule has 1 saturated carbocycles. The summed E-state index contributed by atoms with van der Waals surface area (Å²) in [4.78, 5) is 0. The van der Waals surface area contributed by atoms with E-state index in [-0.39, 0.29) is 13.2 Å². The van der Waals surface area contributed by atoms with Gasteiger partial charge in [0.15, 0.2) is 0 Å². The molecule has 0 spiro atoms. The summed E-state index contributed by atoms with van der Waals surface area (Å²) in [5.74, 6) is 0. The molecule has 1 aliphatic carbocycles. The Kier molecular flexibility index (Phi) is 5.78. The molecule has 4 N–H and O–H groups in total. The maximum atomic E-state index is 11.3. The summed E-state index contributed by atoms with van der Waals surface area (Å²) in [6.07, 6.45) is -0.0522. The van der Waals surface area contributed by atoms with Crippen molar-refractivity contribution in [3.05, 3.63) is 71.8 Å². The SMILES string of the molecule is OCC1(Cc2ccccc2)CC(O)CC(CO)(Cc2ccccc2)C1O. The van der Waals surface area contributed by atoms with Crippen molar-refractivity contribution in [1.82, 2.24) is 0 Å². The van der Waals surface area contributed by atoms with E-state index in [0.717, 1.165) is 11.1 Å². The Morgan fingerprint density at radius 3 is 1.42 bits per heavy atom. The van der Waals surface area contributed by atoms with Crippen LogP contribution in [0.3, 0.4) is 0 Å². The highest BCUT2D eigenvalue weighted by atomic mass is 16.3. The van der Waals surface area contributed by atoms with Gasteiger partial charge in [0.1, 0.15) is 0 Å². The van der Waals surface area contributed by atoms with E-state index in [1.54, 1.807) is 0 Å². The zero-order chi connectivity index (χ0) is 18.6. The molecule has 1 aliphatic rings. The van der Waals surface area contributed by atoms with Gasteiger partial charge in [0.05, 0.1) is 25.4 Å². The van der Waals surface area contributed by atoms with Crippen molar-refractivity contribution >= 4 is 0 Å². The molecule has 1 fully saturated rings. The van der Waals surface area contributed by atoms with Crippen LogP contribution in [0.25, 0.3) is 0 Å². The average Bonchev–Trinajstić information content (AvgIpc) is 2.67. The van der Waals surface area contributed by atoms with Gasteiger partial charge in [-0.15, -0.1) is 0 Å². The molecule has 4 nitrogen and oxygen atoms in total. The summed E-state index contributed by atoms with van der Waals surface area (Å²) < 4.78 is 0. The minimum absolute atomic E-state index is 0.239. The van der Waals surface area contributed by atoms with Gasteiger partial charge >= 0.3 is 0 Å². The van der Waals surface area contributed by atoms with E-state index in [9.17, 15) is 20.4 Å². The molecule has 0 radical (unpaired) electrons. The van der Waals surface area contributed by atoms with Crippen LogP contribution in [0.15, 0.2) is 60.7 Å². The molecule has 0 amide bonds. The molecule has 2 atom stereocenters. The monoisotopic (exact) mass is 356 g/mol. The third-order valence-electron chi connectivity index (χ3n) is 5.87. The third kappa shape index (κ3) is 3.69. The van der Waals surface area contributed by atoms with E-state index in [0.29, 0.717) is 25.7 Å². The molecule has 2 aromatic carbocycles. The lowest BCUT2D eigenvalue weighted by atomic mass is 9.56. The Balaban J connectivity index is 1.95. The molecule has 0 saturated heterocycles. The highest BCUT2D eigenvalue weighted by molar-refractivity contribution is 5.22. The molecule has 3 rings (SSSR count). The first kappa shape index (κ1) is 19.1. The molecule has 26 heavy (non-hydrogen) atoms. The standard InChI is InChI=1S/C22H28O4/c23-15-21(11-17-7-3-1-4-8-17)13-19(25)14-22(16-24,20(21)26)12-18-9-5-2-6-10-18/h1-10,19-20,23-26H,11-16H2. The van der Waals surface area contributed by atoms with Crippen LogP contribution < -0.4 is 0 Å². The van der Waals surface area contributed by atoms with Gasteiger partial charge in [-0.05, 0) is 36.8 Å². The van der Waals surface area contributed by atoms with Gasteiger partial charge in [-0.25, -0.2) is 0 Å². The summed E-state index contributed by atoms with van der Waals surface area (Å²) in [7, 11) is 0. The summed E-state index contributed by atoms with van der Waals surface area (Å²) in [5.41, 5.74) is 0.245. The van der Waals surface area contributed by atoms with Crippen LogP contribution in [-0.2, 0) is 12.8 Å². The maximum Gasteiger partial charge on any atom is 0.0704 e. The van der Waals surface area contributed by atoms with Crippen LogP contribution in [0.1, 0.15) is 24.0 Å². The predicted molar refractivity (Wildman–Crippen MR) is 101 cm³/mol. The first-order valence-electron chi connectivity index (χ1n) is 9.19. The van der Waals surface area contributed by atoms with Crippen molar-refractivity contribution in [2.75, 3.05) is 13.2 Å². The van der Waals surface area contributed by atoms with Gasteiger partial charge in [-0.2, -0.15) is 0 Å². The second kappa shape index (κ2) is 7.89. The second-order valence-electron chi connectivity index (χ2n) is 7.83. The Morgan fingerprint density at radius 2 is 1.08 bits per heavy atom. The zero-order valence-corrected chi connectivity index (χ0v) is 15.0. The first-order chi connectivity index (χ1) is 12.5. The van der Waals surface area contributed by atoms with Crippen molar-refractivity contribution in [2.45, 2.75) is 37.9 Å². The van der Waals surface area contributed by atoms with Crippen LogP contribution in [0.4, 0.5) is 0 Å². The number of aliphatic hydroxyl groups excluding tert-OH is 4. The highest BCUT2D eigenvalue weighted by Crippen LogP contribution is 2.49. The minimum Gasteiger partial charge on any atom is -0.396 e. The summed E-state index contributed by atoms with van der Waals surface area (Å²) >= 11 is 0. The highest BCUT2D eigenvalue weighted by Gasteiger charge is 2.55. The van der Waals surface area contributed by atoms with Crippen molar-refractivity contribution in [1.29, 1.82) is 0 Å². The molecule has 0 aliphatic heterocycles. The van der Waals surface area contributed by atoms with E-state index in [2.05, 4.69) is 0 Å². The minimum atomic E-state index is -0.922. The number of hydrogen-bond acceptors (Lipinski definition) is 4. The van der Waals surface area contributed by atoms with Crippen LogP contribution in [0, 0.1) is 10.8 Å². The van der Waals surface area contributed by atoms with Crippen molar-refractivity contribution in [2.24, 2.45) is 10.8 Å². The topological polar surface area (TPSA) is 80.9 Å². The van der Waals surface area contributed by atoms with Gasteiger partial charge in [-0.1, -0.05) is 60.7 Å². The summed E-state index contributed by atoms with van der Waals surface area (Å²) in [6, 6.07) is 19.4. The van der Waals surface area contributed by atoms with Crippen LogP contribution in [0.2, 0.25) is 0 Å². The predicted octanol–water partition coefficient (Wildman–Crippen LogP) is 1.94. The van der Waals surface area contributed by atoms with Gasteiger partial charge in [-0.3, -0.25) is 0 Å². The lowest BCUT2D eigenvalue weighted by Gasteiger charge is -2.53. The van der Waals surface area contributed by atoms with Crippen LogP contribution in [-0.4, -0.2) is 45.8 Å². The fourth-order valence-electron chi connectivity index (χ4n) is 4.64. The smallest absolute Gasteiger partial charge is 0.0704 e. The molecular formula is C22H28O4. The van der Waals surface area contributed by atoms with E-state index in [1.165, 1.54) is 0 Å². The van der Waals surface area contributed by atoms with Crippen molar-refractivity contribution < 1.29 is 20.4 Å². The molecule has 140 valence electrons. The van der Waals surface area contributed by atoms with Gasteiger partial charge < -0.3 is 20.4 Å². The third-order valence-corrected chi connectivity index (χ3v) is 5.87. The molecule has 2 aromatic rings. The first-order valence-corrected chi connectivity index (χ1v) is 9.19. The molecule has 2 unspecified atom stereocenters. The van der Waals surface area contributed by atoms with Gasteiger partial charge in [0.2, 0.25) is 0 Å². The molecular weight excluding hydrogens is 328 g/mol. The molecule has 4 heteroatoms. The largest absolute Gasteiger partial charge is 0.396 e. The summed E-state index contributed by atoms with van der Waals surface area (Å²) in [5, 5.41) is 42.4. The lowest BCUT2D eigenvalue weighted by molar-refractivity contribution is -0.174. The molecule has 0 heterocycles. The Morgan fingerprint density at radius 1 is 0.692 bits per heavy atom. The van der Waals surface area contributed by atoms with Crippen LogP contribution in [0.5, 0.6) is 0 Å². The fraction of sp³-hybridized carbons (Fsp3) is 0.455. The zero-order valence-electron chi connectivity index (χ0n) is 15.0. The lowest BCUT2D eigenvalue weighted by Crippen LogP contribution is -2.59.